The number of hydrogen-bond donors (Lipinski definition) is 2. The zero-order valence-electron chi connectivity index (χ0n) is 13.1. The van der Waals surface area contributed by atoms with E-state index in [4.69, 9.17) is 0 Å². The van der Waals surface area contributed by atoms with Crippen molar-refractivity contribution in [3.63, 3.8) is 0 Å². The Hall–Kier alpha value is -0.610. The predicted octanol–water partition coefficient (Wildman–Crippen LogP) is 2.06. The van der Waals surface area contributed by atoms with Gasteiger partial charge < -0.3 is 15.3 Å². The lowest BCUT2D eigenvalue weighted by molar-refractivity contribution is -0.126. The molecule has 120 valence electrons. The molecule has 0 radical (unpaired) electrons. The molecule has 3 aliphatic rings. The van der Waals surface area contributed by atoms with Gasteiger partial charge in [0.15, 0.2) is 0 Å². The quantitative estimate of drug-likeness (QED) is 0.816. The summed E-state index contributed by atoms with van der Waals surface area (Å²) in [5, 5.41) is 13.5. The first kappa shape index (κ1) is 15.3. The van der Waals surface area contributed by atoms with Gasteiger partial charge in [-0.2, -0.15) is 0 Å². The summed E-state index contributed by atoms with van der Waals surface area (Å²) in [4.78, 5) is 14.6. The summed E-state index contributed by atoms with van der Waals surface area (Å²) < 4.78 is 0. The van der Waals surface area contributed by atoms with Crippen molar-refractivity contribution in [2.24, 2.45) is 5.92 Å². The molecule has 2 saturated carbocycles. The maximum atomic E-state index is 12.1. The van der Waals surface area contributed by atoms with Crippen LogP contribution in [0, 0.1) is 5.92 Å². The van der Waals surface area contributed by atoms with Gasteiger partial charge in [-0.15, -0.1) is 0 Å². The van der Waals surface area contributed by atoms with Gasteiger partial charge in [-0.1, -0.05) is 25.7 Å². The minimum Gasteiger partial charge on any atom is -0.389 e. The second-order valence-corrected chi connectivity index (χ2v) is 7.57. The number of nitrogens with zero attached hydrogens (tertiary/aromatic N) is 1. The van der Waals surface area contributed by atoms with Crippen molar-refractivity contribution in [3.8, 4) is 0 Å². The van der Waals surface area contributed by atoms with Crippen LogP contribution in [0.15, 0.2) is 0 Å². The predicted molar refractivity (Wildman–Crippen MR) is 83.0 cm³/mol. The Morgan fingerprint density at radius 1 is 1.14 bits per heavy atom. The van der Waals surface area contributed by atoms with E-state index < -0.39 is 5.60 Å². The topological polar surface area (TPSA) is 52.6 Å². The van der Waals surface area contributed by atoms with Gasteiger partial charge >= 0.3 is 0 Å². The Balaban J connectivity index is 1.38. The first-order valence-electron chi connectivity index (χ1n) is 8.87. The van der Waals surface area contributed by atoms with E-state index in [0.29, 0.717) is 12.5 Å². The molecule has 0 bridgehead atoms. The first-order valence-corrected chi connectivity index (χ1v) is 8.87. The summed E-state index contributed by atoms with van der Waals surface area (Å²) in [5.41, 5.74) is -0.716. The third-order valence-electron chi connectivity index (χ3n) is 5.65. The van der Waals surface area contributed by atoms with Crippen LogP contribution in [0.3, 0.4) is 0 Å². The average molecular weight is 294 g/mol. The number of likely N-dealkylation sites (tertiary alicyclic amines) is 1. The Morgan fingerprint density at radius 2 is 1.86 bits per heavy atom. The fourth-order valence-corrected chi connectivity index (χ4v) is 4.46. The van der Waals surface area contributed by atoms with Crippen LogP contribution in [-0.4, -0.2) is 47.2 Å². The van der Waals surface area contributed by atoms with Gasteiger partial charge in [0, 0.05) is 25.7 Å². The molecule has 21 heavy (non-hydrogen) atoms. The van der Waals surface area contributed by atoms with Gasteiger partial charge in [-0.3, -0.25) is 4.79 Å². The molecule has 1 atom stereocenters. The molecular formula is C17H30N2O2. The van der Waals surface area contributed by atoms with Crippen molar-refractivity contribution >= 4 is 5.91 Å². The maximum absolute atomic E-state index is 12.1. The standard InChI is InChI=1S/C17H30N2O2/c20-16(11-17(21)8-3-4-9-17)18-15-7-10-19(13-15)12-14-5-1-2-6-14/h14-15,21H,1-13H2,(H,18,20). The van der Waals surface area contributed by atoms with Crippen molar-refractivity contribution in [2.75, 3.05) is 19.6 Å². The van der Waals surface area contributed by atoms with Crippen LogP contribution in [0.4, 0.5) is 0 Å². The largest absolute Gasteiger partial charge is 0.389 e. The summed E-state index contributed by atoms with van der Waals surface area (Å²) >= 11 is 0. The molecule has 1 heterocycles. The van der Waals surface area contributed by atoms with Crippen molar-refractivity contribution in [1.82, 2.24) is 10.2 Å². The highest BCUT2D eigenvalue weighted by Gasteiger charge is 2.34. The van der Waals surface area contributed by atoms with E-state index in [9.17, 15) is 9.90 Å². The molecule has 0 spiro atoms. The molecule has 1 unspecified atom stereocenters. The van der Waals surface area contributed by atoms with Crippen LogP contribution in [0.5, 0.6) is 0 Å². The van der Waals surface area contributed by atoms with Crippen LogP contribution >= 0.6 is 0 Å². The third kappa shape index (κ3) is 4.19. The molecule has 3 fully saturated rings. The van der Waals surface area contributed by atoms with Gasteiger partial charge in [-0.25, -0.2) is 0 Å². The molecule has 1 saturated heterocycles. The zero-order chi connectivity index (χ0) is 14.7. The molecule has 1 amide bonds. The minimum absolute atomic E-state index is 0.0483. The second kappa shape index (κ2) is 6.66. The van der Waals surface area contributed by atoms with Gasteiger partial charge in [0.2, 0.25) is 5.91 Å². The van der Waals surface area contributed by atoms with E-state index in [1.165, 1.54) is 32.2 Å². The number of aliphatic hydroxyl groups is 1. The van der Waals surface area contributed by atoms with Gasteiger partial charge in [0.05, 0.1) is 12.0 Å². The summed E-state index contributed by atoms with van der Waals surface area (Å²) in [7, 11) is 0. The molecule has 2 aliphatic carbocycles. The maximum Gasteiger partial charge on any atom is 0.223 e. The number of nitrogens with one attached hydrogen (secondary N) is 1. The highest BCUT2D eigenvalue weighted by Crippen LogP contribution is 2.32. The summed E-state index contributed by atoms with van der Waals surface area (Å²) in [6.45, 7) is 3.34. The average Bonchev–Trinajstić information content (AvgIpc) is 3.14. The number of carbonyl (C=O) groups is 1. The lowest BCUT2D eigenvalue weighted by Gasteiger charge is -2.23. The van der Waals surface area contributed by atoms with Gasteiger partial charge in [0.1, 0.15) is 0 Å². The fourth-order valence-electron chi connectivity index (χ4n) is 4.46. The SMILES string of the molecule is O=C(CC1(O)CCCC1)NC1CCN(CC2CCCC2)C1. The van der Waals surface area contributed by atoms with E-state index in [1.807, 2.05) is 0 Å². The van der Waals surface area contributed by atoms with Crippen molar-refractivity contribution in [1.29, 1.82) is 0 Å². The Kier molecular flexibility index (Phi) is 4.85. The van der Waals surface area contributed by atoms with E-state index in [0.717, 1.165) is 51.1 Å². The molecule has 3 rings (SSSR count). The number of carbonyl (C=O) groups excluding carboxylic acids is 1. The van der Waals surface area contributed by atoms with E-state index in [2.05, 4.69) is 10.2 Å². The highest BCUT2D eigenvalue weighted by atomic mass is 16.3. The Bertz CT molecular complexity index is 360. The zero-order valence-corrected chi connectivity index (χ0v) is 13.1. The number of hydrogen-bond acceptors (Lipinski definition) is 3. The first-order chi connectivity index (χ1) is 10.1. The highest BCUT2D eigenvalue weighted by molar-refractivity contribution is 5.77. The molecule has 0 aromatic carbocycles. The van der Waals surface area contributed by atoms with Crippen LogP contribution in [0.1, 0.15) is 64.2 Å². The molecule has 2 N–H and O–H groups in total. The molecule has 0 aromatic rings. The lowest BCUT2D eigenvalue weighted by Crippen LogP contribution is -2.41. The number of rotatable bonds is 5. The second-order valence-electron chi connectivity index (χ2n) is 7.57. The Morgan fingerprint density at radius 3 is 2.57 bits per heavy atom. The monoisotopic (exact) mass is 294 g/mol. The van der Waals surface area contributed by atoms with Gasteiger partial charge in [-0.05, 0) is 38.0 Å². The molecular weight excluding hydrogens is 264 g/mol. The van der Waals surface area contributed by atoms with Crippen molar-refractivity contribution in [2.45, 2.75) is 75.9 Å². The normalized spacial score (nSPS) is 30.0. The van der Waals surface area contributed by atoms with E-state index in [1.54, 1.807) is 0 Å². The minimum atomic E-state index is -0.716. The van der Waals surface area contributed by atoms with Crippen molar-refractivity contribution in [3.05, 3.63) is 0 Å². The van der Waals surface area contributed by atoms with Crippen LogP contribution in [-0.2, 0) is 4.79 Å². The van der Waals surface area contributed by atoms with E-state index >= 15 is 0 Å². The third-order valence-corrected chi connectivity index (χ3v) is 5.65. The van der Waals surface area contributed by atoms with Crippen LogP contribution in [0.25, 0.3) is 0 Å². The fraction of sp³-hybridized carbons (Fsp3) is 0.941. The number of amides is 1. The summed E-state index contributed by atoms with van der Waals surface area (Å²) in [5.74, 6) is 0.936. The van der Waals surface area contributed by atoms with Crippen molar-refractivity contribution < 1.29 is 9.90 Å². The summed E-state index contributed by atoms with van der Waals surface area (Å²) in [6.07, 6.45) is 10.6. The van der Waals surface area contributed by atoms with Gasteiger partial charge in [0.25, 0.3) is 0 Å². The molecule has 4 nitrogen and oxygen atoms in total. The Labute approximate surface area is 128 Å². The smallest absolute Gasteiger partial charge is 0.223 e. The van der Waals surface area contributed by atoms with Crippen LogP contribution in [0.2, 0.25) is 0 Å². The van der Waals surface area contributed by atoms with Crippen LogP contribution < -0.4 is 5.32 Å². The lowest BCUT2D eigenvalue weighted by atomic mass is 9.97. The molecule has 4 heteroatoms. The molecule has 1 aliphatic heterocycles. The van der Waals surface area contributed by atoms with E-state index in [-0.39, 0.29) is 5.91 Å². The summed E-state index contributed by atoms with van der Waals surface area (Å²) in [6, 6.07) is 0.295. The molecule has 0 aromatic heterocycles.